The highest BCUT2D eigenvalue weighted by Gasteiger charge is 1.90. The summed E-state index contributed by atoms with van der Waals surface area (Å²) in [6.45, 7) is 0. The fourth-order valence-electron chi connectivity index (χ4n) is 0.613. The van der Waals surface area contributed by atoms with E-state index in [1.807, 2.05) is 46.9 Å². The second kappa shape index (κ2) is 3.99. The van der Waals surface area contributed by atoms with Gasteiger partial charge in [0.2, 0.25) is 0 Å². The summed E-state index contributed by atoms with van der Waals surface area (Å²) in [6.07, 6.45) is 0. The molecule has 10 heavy (non-hydrogen) atoms. The third kappa shape index (κ3) is 1.99. The quantitative estimate of drug-likeness (QED) is 0.510. The summed E-state index contributed by atoms with van der Waals surface area (Å²) in [7, 11) is 0. The van der Waals surface area contributed by atoms with Crippen LogP contribution in [0.25, 0.3) is 0 Å². The van der Waals surface area contributed by atoms with Gasteiger partial charge in [-0.3, -0.25) is 0 Å². The molecule has 0 nitrogen and oxygen atoms in total. The molecule has 0 aliphatic rings. The zero-order valence-electron chi connectivity index (χ0n) is 5.07. The minimum Gasteiger partial charge on any atom is -0.0611 e. The van der Waals surface area contributed by atoms with Crippen molar-refractivity contribution >= 4 is 38.5 Å². The Bertz CT molecular complexity index is 283. The molecule has 0 aliphatic carbocycles. The van der Waals surface area contributed by atoms with E-state index in [9.17, 15) is 0 Å². The van der Waals surface area contributed by atoms with Gasteiger partial charge in [-0.15, -0.1) is 0 Å². The Morgan fingerprint density at radius 1 is 1.30 bits per heavy atom. The highest BCUT2D eigenvalue weighted by atomic mass is 127. The lowest BCUT2D eigenvalue weighted by Gasteiger charge is -1.91. The van der Waals surface area contributed by atoms with Gasteiger partial charge in [0.25, 0.3) is 0 Å². The first-order chi connectivity index (χ1) is 4.84. The van der Waals surface area contributed by atoms with Gasteiger partial charge in [-0.2, -0.15) is 0 Å². The predicted octanol–water partition coefficient (Wildman–Crippen LogP) is 3.19. The van der Waals surface area contributed by atoms with Gasteiger partial charge in [0.15, 0.2) is 0 Å². The minimum absolute atomic E-state index is 1.04. The highest BCUT2D eigenvalue weighted by Crippen LogP contribution is 2.14. The summed E-state index contributed by atoms with van der Waals surface area (Å²) < 4.78 is 3.87. The molecule has 0 N–H and O–H groups in total. The summed E-state index contributed by atoms with van der Waals surface area (Å²) in [4.78, 5) is 0. The molecule has 0 aliphatic heterocycles. The second-order valence-electron chi connectivity index (χ2n) is 1.70. The van der Waals surface area contributed by atoms with Crippen molar-refractivity contribution in [3.8, 4) is 9.85 Å². The molecule has 0 unspecified atom stereocenters. The molecular weight excluding hydrogens is 303 g/mol. The van der Waals surface area contributed by atoms with Gasteiger partial charge in [0.1, 0.15) is 0 Å². The first-order valence-corrected chi connectivity index (χ1v) is 4.58. The van der Waals surface area contributed by atoms with Gasteiger partial charge in [-0.25, -0.2) is 0 Å². The van der Waals surface area contributed by atoms with E-state index in [2.05, 4.69) is 25.8 Å². The van der Waals surface area contributed by atoms with Crippen LogP contribution in [0.2, 0.25) is 0 Å². The topological polar surface area (TPSA) is 0 Å². The molecule has 0 saturated heterocycles. The van der Waals surface area contributed by atoms with Crippen molar-refractivity contribution in [2.75, 3.05) is 0 Å². The van der Waals surface area contributed by atoms with Crippen LogP contribution >= 0.6 is 38.5 Å². The maximum atomic E-state index is 3.39. The Morgan fingerprint density at radius 2 is 2.00 bits per heavy atom. The van der Waals surface area contributed by atoms with Gasteiger partial charge < -0.3 is 0 Å². The average Bonchev–Trinajstić information content (AvgIpc) is 1.94. The molecule has 50 valence electrons. The van der Waals surface area contributed by atoms with E-state index >= 15 is 0 Å². The van der Waals surface area contributed by atoms with Crippen LogP contribution < -0.4 is 0 Å². The smallest absolute Gasteiger partial charge is 0.0395 e. The Hall–Kier alpha value is -0.0100. The Morgan fingerprint density at radius 3 is 2.60 bits per heavy atom. The van der Waals surface area contributed by atoms with Gasteiger partial charge >= 0.3 is 0 Å². The van der Waals surface area contributed by atoms with Crippen LogP contribution in [0.1, 0.15) is 5.56 Å². The summed E-state index contributed by atoms with van der Waals surface area (Å²) in [5.41, 5.74) is 1.04. The molecule has 1 aromatic rings. The molecule has 0 bridgehead atoms. The Balaban J connectivity index is 3.11. The van der Waals surface area contributed by atoms with Crippen LogP contribution in [0.3, 0.4) is 0 Å². The predicted molar refractivity (Wildman–Crippen MR) is 55.0 cm³/mol. The zero-order valence-corrected chi connectivity index (χ0v) is 8.81. The third-order valence-corrected chi connectivity index (χ3v) is 2.02. The molecular formula is C8H4BrI. The molecule has 0 radical (unpaired) electrons. The molecule has 0 fully saturated rings. The molecule has 0 atom stereocenters. The van der Waals surface area contributed by atoms with Crippen molar-refractivity contribution in [2.24, 2.45) is 0 Å². The summed E-state index contributed by atoms with van der Waals surface area (Å²) >= 11 is 5.42. The van der Waals surface area contributed by atoms with E-state index in [-0.39, 0.29) is 0 Å². The SMILES string of the molecule is Brc1ccccc1C#CI. The second-order valence-corrected chi connectivity index (χ2v) is 3.09. The van der Waals surface area contributed by atoms with E-state index in [1.54, 1.807) is 0 Å². The van der Waals surface area contributed by atoms with Crippen molar-refractivity contribution in [3.63, 3.8) is 0 Å². The Kier molecular flexibility index (Phi) is 3.23. The monoisotopic (exact) mass is 306 g/mol. The number of hydrogen-bond donors (Lipinski definition) is 0. The van der Waals surface area contributed by atoms with Crippen molar-refractivity contribution < 1.29 is 0 Å². The summed E-state index contributed by atoms with van der Waals surface area (Å²) in [5.74, 6) is 2.97. The fourth-order valence-corrected chi connectivity index (χ4v) is 1.29. The standard InChI is InChI=1S/C8H4BrI/c9-8-4-2-1-3-7(8)5-6-10/h1-4H. The lowest BCUT2D eigenvalue weighted by molar-refractivity contribution is 1.59. The molecule has 0 amide bonds. The normalized spacial score (nSPS) is 8.20. The lowest BCUT2D eigenvalue weighted by atomic mass is 10.2. The Labute approximate surface area is 82.3 Å². The largest absolute Gasteiger partial charge is 0.0611 e. The van der Waals surface area contributed by atoms with Gasteiger partial charge in [0, 0.05) is 32.6 Å². The molecule has 0 saturated carbocycles. The van der Waals surface area contributed by atoms with E-state index < -0.39 is 0 Å². The molecule has 0 aromatic heterocycles. The molecule has 1 aromatic carbocycles. The van der Waals surface area contributed by atoms with Crippen LogP contribution in [0.4, 0.5) is 0 Å². The van der Waals surface area contributed by atoms with Gasteiger partial charge in [-0.05, 0) is 32.0 Å². The van der Waals surface area contributed by atoms with Crippen LogP contribution in [0, 0.1) is 9.85 Å². The van der Waals surface area contributed by atoms with E-state index in [4.69, 9.17) is 0 Å². The fraction of sp³-hybridized carbons (Fsp3) is 0. The first-order valence-electron chi connectivity index (χ1n) is 2.71. The van der Waals surface area contributed by atoms with Crippen molar-refractivity contribution in [1.29, 1.82) is 0 Å². The zero-order chi connectivity index (χ0) is 7.40. The van der Waals surface area contributed by atoms with Crippen molar-refractivity contribution in [3.05, 3.63) is 34.3 Å². The van der Waals surface area contributed by atoms with Crippen LogP contribution in [-0.2, 0) is 0 Å². The highest BCUT2D eigenvalue weighted by molar-refractivity contribution is 14.1. The maximum Gasteiger partial charge on any atom is 0.0395 e. The van der Waals surface area contributed by atoms with Crippen LogP contribution in [-0.4, -0.2) is 0 Å². The summed E-state index contributed by atoms with van der Waals surface area (Å²) in [6, 6.07) is 7.91. The van der Waals surface area contributed by atoms with Crippen molar-refractivity contribution in [1.82, 2.24) is 0 Å². The van der Waals surface area contributed by atoms with Crippen LogP contribution in [0.5, 0.6) is 0 Å². The number of rotatable bonds is 0. The molecule has 0 heterocycles. The summed E-state index contributed by atoms with van der Waals surface area (Å²) in [5, 5.41) is 0. The lowest BCUT2D eigenvalue weighted by Crippen LogP contribution is -1.73. The average molecular weight is 307 g/mol. The molecule has 2 heteroatoms. The van der Waals surface area contributed by atoms with E-state index in [0.717, 1.165) is 10.0 Å². The first kappa shape index (κ1) is 8.09. The van der Waals surface area contributed by atoms with E-state index in [0.29, 0.717) is 0 Å². The minimum atomic E-state index is 1.04. The number of benzene rings is 1. The van der Waals surface area contributed by atoms with E-state index in [1.165, 1.54) is 0 Å². The van der Waals surface area contributed by atoms with Crippen molar-refractivity contribution in [2.45, 2.75) is 0 Å². The molecule has 1 rings (SSSR count). The number of hydrogen-bond acceptors (Lipinski definition) is 0. The number of halogens is 2. The van der Waals surface area contributed by atoms with Gasteiger partial charge in [-0.1, -0.05) is 18.1 Å². The maximum absolute atomic E-state index is 3.39. The molecule has 0 spiro atoms. The third-order valence-electron chi connectivity index (χ3n) is 1.06. The van der Waals surface area contributed by atoms with Gasteiger partial charge in [0.05, 0.1) is 0 Å². The van der Waals surface area contributed by atoms with Crippen LogP contribution in [0.15, 0.2) is 28.7 Å².